The van der Waals surface area contributed by atoms with E-state index in [2.05, 4.69) is 10.3 Å². The van der Waals surface area contributed by atoms with E-state index in [1.165, 1.54) is 11.3 Å². The molecular formula is C20H20N2O3S. The summed E-state index contributed by atoms with van der Waals surface area (Å²) in [7, 11) is 0. The third kappa shape index (κ3) is 5.15. The van der Waals surface area contributed by atoms with Crippen molar-refractivity contribution in [1.29, 1.82) is 0 Å². The number of para-hydroxylation sites is 1. The Bertz CT molecular complexity index is 849. The molecule has 1 heterocycles. The standard InChI is InChI=1S/C20H20N2O3S/c1-15-7-5-6-10-17(15)18-14-26-20(21-18)22-19(23)13-24-11-12-25-16-8-3-2-4-9-16/h2-10,14H,11-13H2,1H3,(H,21,22,23). The predicted molar refractivity (Wildman–Crippen MR) is 104 cm³/mol. The first-order valence-electron chi connectivity index (χ1n) is 8.29. The van der Waals surface area contributed by atoms with Crippen molar-refractivity contribution in [2.24, 2.45) is 0 Å². The van der Waals surface area contributed by atoms with Gasteiger partial charge >= 0.3 is 0 Å². The van der Waals surface area contributed by atoms with Crippen molar-refractivity contribution >= 4 is 22.4 Å². The summed E-state index contributed by atoms with van der Waals surface area (Å²) in [6.07, 6.45) is 0. The second-order valence-corrected chi connectivity index (χ2v) is 6.47. The Kier molecular flexibility index (Phi) is 6.35. The number of hydrogen-bond acceptors (Lipinski definition) is 5. The number of anilines is 1. The van der Waals surface area contributed by atoms with Crippen LogP contribution < -0.4 is 10.1 Å². The fourth-order valence-corrected chi connectivity index (χ4v) is 3.10. The van der Waals surface area contributed by atoms with Crippen LogP contribution in [0.3, 0.4) is 0 Å². The molecular weight excluding hydrogens is 348 g/mol. The molecule has 0 bridgehead atoms. The number of nitrogens with one attached hydrogen (secondary N) is 1. The summed E-state index contributed by atoms with van der Waals surface area (Å²) in [6, 6.07) is 17.5. The molecule has 0 spiro atoms. The lowest BCUT2D eigenvalue weighted by molar-refractivity contribution is -0.120. The van der Waals surface area contributed by atoms with Gasteiger partial charge in [-0.25, -0.2) is 4.98 Å². The summed E-state index contributed by atoms with van der Waals surface area (Å²) in [5.41, 5.74) is 3.08. The number of thiazole rings is 1. The monoisotopic (exact) mass is 368 g/mol. The molecule has 3 aromatic rings. The highest BCUT2D eigenvalue weighted by atomic mass is 32.1. The van der Waals surface area contributed by atoms with Gasteiger partial charge in [-0.1, -0.05) is 42.5 Å². The molecule has 1 aromatic heterocycles. The summed E-state index contributed by atoms with van der Waals surface area (Å²) >= 11 is 1.40. The largest absolute Gasteiger partial charge is 0.491 e. The van der Waals surface area contributed by atoms with Crippen LogP contribution in [0.5, 0.6) is 5.75 Å². The molecule has 0 saturated carbocycles. The Labute approximate surface area is 156 Å². The number of carbonyl (C=O) groups is 1. The van der Waals surface area contributed by atoms with Gasteiger partial charge in [0.1, 0.15) is 19.0 Å². The molecule has 0 aliphatic carbocycles. The zero-order valence-corrected chi connectivity index (χ0v) is 15.3. The second kappa shape index (κ2) is 9.12. The lowest BCUT2D eigenvalue weighted by Crippen LogP contribution is -2.20. The fraction of sp³-hybridized carbons (Fsp3) is 0.200. The van der Waals surface area contributed by atoms with Crippen molar-refractivity contribution in [3.05, 3.63) is 65.5 Å². The van der Waals surface area contributed by atoms with E-state index >= 15 is 0 Å². The lowest BCUT2D eigenvalue weighted by Gasteiger charge is -2.06. The van der Waals surface area contributed by atoms with Crippen LogP contribution in [0.25, 0.3) is 11.3 Å². The molecule has 134 valence electrons. The van der Waals surface area contributed by atoms with Crippen LogP contribution in [0.2, 0.25) is 0 Å². The molecule has 0 radical (unpaired) electrons. The summed E-state index contributed by atoms with van der Waals surface area (Å²) in [6.45, 7) is 2.75. The lowest BCUT2D eigenvalue weighted by atomic mass is 10.1. The summed E-state index contributed by atoms with van der Waals surface area (Å²) in [5.74, 6) is 0.558. The molecule has 1 amide bonds. The molecule has 6 heteroatoms. The van der Waals surface area contributed by atoms with Crippen LogP contribution >= 0.6 is 11.3 Å². The van der Waals surface area contributed by atoms with E-state index in [4.69, 9.17) is 9.47 Å². The second-order valence-electron chi connectivity index (χ2n) is 5.62. The van der Waals surface area contributed by atoms with Gasteiger partial charge in [0.25, 0.3) is 5.91 Å². The normalized spacial score (nSPS) is 10.5. The van der Waals surface area contributed by atoms with E-state index in [0.717, 1.165) is 22.6 Å². The van der Waals surface area contributed by atoms with Crippen molar-refractivity contribution < 1.29 is 14.3 Å². The molecule has 2 aromatic carbocycles. The highest BCUT2D eigenvalue weighted by molar-refractivity contribution is 7.14. The SMILES string of the molecule is Cc1ccccc1-c1csc(NC(=O)COCCOc2ccccc2)n1. The average molecular weight is 368 g/mol. The Hall–Kier alpha value is -2.70. The van der Waals surface area contributed by atoms with Gasteiger partial charge in [-0.3, -0.25) is 10.1 Å². The summed E-state index contributed by atoms with van der Waals surface area (Å²) in [4.78, 5) is 16.4. The maximum absolute atomic E-state index is 11.9. The van der Waals surface area contributed by atoms with Crippen LogP contribution in [0, 0.1) is 6.92 Å². The third-order valence-corrected chi connectivity index (χ3v) is 4.40. The van der Waals surface area contributed by atoms with Crippen LogP contribution in [-0.2, 0) is 9.53 Å². The van der Waals surface area contributed by atoms with Gasteiger partial charge in [-0.2, -0.15) is 0 Å². The molecule has 0 saturated heterocycles. The van der Waals surface area contributed by atoms with Gasteiger partial charge in [-0.05, 0) is 24.6 Å². The van der Waals surface area contributed by atoms with E-state index in [1.807, 2.05) is 66.9 Å². The zero-order valence-electron chi connectivity index (χ0n) is 14.5. The Morgan fingerprint density at radius 3 is 2.65 bits per heavy atom. The Morgan fingerprint density at radius 2 is 1.85 bits per heavy atom. The minimum Gasteiger partial charge on any atom is -0.491 e. The first kappa shape index (κ1) is 18.1. The van der Waals surface area contributed by atoms with Gasteiger partial charge in [0.05, 0.1) is 12.3 Å². The van der Waals surface area contributed by atoms with E-state index in [9.17, 15) is 4.79 Å². The average Bonchev–Trinajstić information content (AvgIpc) is 3.11. The van der Waals surface area contributed by atoms with Crippen LogP contribution in [-0.4, -0.2) is 30.7 Å². The fourth-order valence-electron chi connectivity index (χ4n) is 2.37. The number of ether oxygens (including phenoxy) is 2. The molecule has 1 N–H and O–H groups in total. The molecule has 0 unspecified atom stereocenters. The van der Waals surface area contributed by atoms with Gasteiger partial charge in [0.2, 0.25) is 0 Å². The van der Waals surface area contributed by atoms with Gasteiger partial charge < -0.3 is 9.47 Å². The van der Waals surface area contributed by atoms with Crippen molar-refractivity contribution in [3.8, 4) is 17.0 Å². The maximum atomic E-state index is 11.9. The number of benzene rings is 2. The van der Waals surface area contributed by atoms with Crippen LogP contribution in [0.15, 0.2) is 60.0 Å². The number of carbonyl (C=O) groups excluding carboxylic acids is 1. The maximum Gasteiger partial charge on any atom is 0.252 e. The highest BCUT2D eigenvalue weighted by Crippen LogP contribution is 2.27. The van der Waals surface area contributed by atoms with E-state index in [1.54, 1.807) is 0 Å². The Balaban J connectivity index is 1.41. The van der Waals surface area contributed by atoms with Crippen molar-refractivity contribution in [2.45, 2.75) is 6.92 Å². The third-order valence-electron chi connectivity index (χ3n) is 3.64. The molecule has 26 heavy (non-hydrogen) atoms. The quantitative estimate of drug-likeness (QED) is 0.607. The number of hydrogen-bond donors (Lipinski definition) is 1. The summed E-state index contributed by atoms with van der Waals surface area (Å²) in [5, 5.41) is 5.27. The number of aryl methyl sites for hydroxylation is 1. The minimum absolute atomic E-state index is 0.0303. The van der Waals surface area contributed by atoms with Crippen molar-refractivity contribution in [2.75, 3.05) is 25.1 Å². The van der Waals surface area contributed by atoms with Crippen molar-refractivity contribution in [3.63, 3.8) is 0 Å². The summed E-state index contributed by atoms with van der Waals surface area (Å²) < 4.78 is 10.8. The first-order chi connectivity index (χ1) is 12.7. The molecule has 0 aliphatic heterocycles. The smallest absolute Gasteiger partial charge is 0.252 e. The highest BCUT2D eigenvalue weighted by Gasteiger charge is 2.09. The molecule has 3 rings (SSSR count). The van der Waals surface area contributed by atoms with Gasteiger partial charge in [0.15, 0.2) is 5.13 Å². The van der Waals surface area contributed by atoms with Gasteiger partial charge in [-0.15, -0.1) is 11.3 Å². The topological polar surface area (TPSA) is 60.5 Å². The molecule has 0 atom stereocenters. The van der Waals surface area contributed by atoms with Crippen molar-refractivity contribution in [1.82, 2.24) is 4.98 Å². The van der Waals surface area contributed by atoms with Gasteiger partial charge in [0, 0.05) is 10.9 Å². The van der Waals surface area contributed by atoms with Crippen LogP contribution in [0.4, 0.5) is 5.13 Å². The predicted octanol–water partition coefficient (Wildman–Crippen LogP) is 4.15. The zero-order chi connectivity index (χ0) is 18.2. The number of rotatable bonds is 8. The van der Waals surface area contributed by atoms with E-state index < -0.39 is 0 Å². The van der Waals surface area contributed by atoms with Crippen LogP contribution in [0.1, 0.15) is 5.56 Å². The molecule has 0 fully saturated rings. The first-order valence-corrected chi connectivity index (χ1v) is 9.17. The molecule has 0 aliphatic rings. The Morgan fingerprint density at radius 1 is 1.08 bits per heavy atom. The number of nitrogens with zero attached hydrogens (tertiary/aromatic N) is 1. The molecule has 5 nitrogen and oxygen atoms in total. The number of aromatic nitrogens is 1. The van der Waals surface area contributed by atoms with E-state index in [-0.39, 0.29) is 12.5 Å². The minimum atomic E-state index is -0.226. The number of amides is 1. The van der Waals surface area contributed by atoms with E-state index in [0.29, 0.717) is 18.3 Å².